The number of rotatable bonds is 7. The number of benzene rings is 1. The van der Waals surface area contributed by atoms with Crippen LogP contribution in [0.4, 0.5) is 9.18 Å². The maximum Gasteiger partial charge on any atom is 0.331 e. The van der Waals surface area contributed by atoms with E-state index in [-0.39, 0.29) is 11.4 Å². The van der Waals surface area contributed by atoms with Crippen LogP contribution in [-0.2, 0) is 23.6 Å². The number of hydrogen-bond acceptors (Lipinski definition) is 5. The fourth-order valence-corrected chi connectivity index (χ4v) is 3.62. The quantitative estimate of drug-likeness (QED) is 0.762. The smallest absolute Gasteiger partial charge is 0.331 e. The van der Waals surface area contributed by atoms with Crippen LogP contribution in [0.2, 0.25) is 0 Å². The molecule has 8 nitrogen and oxygen atoms in total. The highest BCUT2D eigenvalue weighted by Gasteiger charge is 2.25. The van der Waals surface area contributed by atoms with Gasteiger partial charge in [-0.15, -0.1) is 0 Å². The van der Waals surface area contributed by atoms with E-state index in [2.05, 4.69) is 4.98 Å². The van der Waals surface area contributed by atoms with Crippen molar-refractivity contribution in [1.82, 2.24) is 24.1 Å². The molecule has 10 heteroatoms. The van der Waals surface area contributed by atoms with Crippen LogP contribution in [0, 0.1) is 12.7 Å². The van der Waals surface area contributed by atoms with Gasteiger partial charge in [0.25, 0.3) is 10.0 Å². The van der Waals surface area contributed by atoms with Gasteiger partial charge in [0, 0.05) is 32.5 Å². The number of halogens is 1. The maximum atomic E-state index is 13.5. The third-order valence-electron chi connectivity index (χ3n) is 4.02. The summed E-state index contributed by atoms with van der Waals surface area (Å²) < 4.78 is 42.4. The van der Waals surface area contributed by atoms with Gasteiger partial charge in [-0.1, -0.05) is 6.07 Å². The van der Waals surface area contributed by atoms with Crippen molar-refractivity contribution in [3.8, 4) is 0 Å². The predicted octanol–water partition coefficient (Wildman–Crippen LogP) is 1.33. The van der Waals surface area contributed by atoms with Crippen molar-refractivity contribution in [2.24, 2.45) is 7.05 Å². The highest BCUT2D eigenvalue weighted by molar-refractivity contribution is 7.90. The van der Waals surface area contributed by atoms with Gasteiger partial charge >= 0.3 is 6.03 Å². The van der Waals surface area contributed by atoms with Crippen LogP contribution >= 0.6 is 0 Å². The lowest BCUT2D eigenvalue weighted by atomic mass is 10.2. The van der Waals surface area contributed by atoms with Crippen molar-refractivity contribution in [1.29, 1.82) is 0 Å². The third kappa shape index (κ3) is 5.51. The first-order chi connectivity index (χ1) is 12.6. The topological polar surface area (TPSA) is 87.5 Å². The molecule has 1 N–H and O–H groups in total. The molecule has 0 aliphatic carbocycles. The molecule has 0 saturated heterocycles. The molecular weight excluding hydrogens is 373 g/mol. The molecule has 0 saturated carbocycles. The number of urea groups is 1. The number of hydrogen-bond donors (Lipinski definition) is 1. The van der Waals surface area contributed by atoms with Crippen LogP contribution in [0.25, 0.3) is 0 Å². The lowest BCUT2D eigenvalue weighted by Crippen LogP contribution is -2.45. The summed E-state index contributed by atoms with van der Waals surface area (Å²) in [5.74, 6) is -0.0749. The molecule has 0 unspecified atom stereocenters. The van der Waals surface area contributed by atoms with Gasteiger partial charge in [-0.2, -0.15) is 0 Å². The van der Waals surface area contributed by atoms with Gasteiger partial charge in [-0.3, -0.25) is 0 Å². The first-order valence-electron chi connectivity index (χ1n) is 8.29. The molecule has 0 atom stereocenters. The van der Waals surface area contributed by atoms with Gasteiger partial charge in [0.05, 0.1) is 11.4 Å². The van der Waals surface area contributed by atoms with E-state index in [0.717, 1.165) is 6.07 Å². The molecule has 2 rings (SSSR count). The van der Waals surface area contributed by atoms with Crippen LogP contribution in [-0.4, -0.2) is 61.0 Å². The van der Waals surface area contributed by atoms with Crippen LogP contribution in [0.3, 0.4) is 0 Å². The average Bonchev–Trinajstić information content (AvgIpc) is 2.97. The molecule has 1 aromatic carbocycles. The highest BCUT2D eigenvalue weighted by atomic mass is 32.2. The van der Waals surface area contributed by atoms with Gasteiger partial charge in [-0.25, -0.2) is 27.3 Å². The number of nitrogens with one attached hydrogen (secondary N) is 1. The largest absolute Gasteiger partial charge is 0.337 e. The second kappa shape index (κ2) is 8.49. The van der Waals surface area contributed by atoms with Gasteiger partial charge in [0.1, 0.15) is 11.6 Å². The summed E-state index contributed by atoms with van der Waals surface area (Å²) in [4.78, 5) is 19.8. The van der Waals surface area contributed by atoms with E-state index in [1.165, 1.54) is 24.0 Å². The summed E-state index contributed by atoms with van der Waals surface area (Å²) in [5, 5.41) is 0. The van der Waals surface area contributed by atoms with Crippen molar-refractivity contribution in [2.45, 2.75) is 18.4 Å². The fourth-order valence-electron chi connectivity index (χ4n) is 2.39. The van der Waals surface area contributed by atoms with Crippen LogP contribution in [0.15, 0.2) is 35.5 Å². The molecule has 0 bridgehead atoms. The normalized spacial score (nSPS) is 11.6. The zero-order valence-electron chi connectivity index (χ0n) is 15.8. The first kappa shape index (κ1) is 20.8. The molecule has 0 radical (unpaired) electrons. The summed E-state index contributed by atoms with van der Waals surface area (Å²) in [5.41, 5.74) is 0.348. The third-order valence-corrected chi connectivity index (χ3v) is 5.48. The predicted molar refractivity (Wildman–Crippen MR) is 99.0 cm³/mol. The standard InChI is InChI=1S/C17H24FN5O3S/c1-13-5-6-14(18)11-15(13)27(25,26)20-17(24)23(10-9-21(2)3)12-16-19-7-8-22(16)4/h5-8,11H,9-10,12H2,1-4H3,(H,20,24). The van der Waals surface area contributed by atoms with Crippen molar-refractivity contribution in [3.05, 3.63) is 47.8 Å². The van der Waals surface area contributed by atoms with Gasteiger partial charge in [-0.05, 0) is 38.7 Å². The number of imidazole rings is 1. The van der Waals surface area contributed by atoms with E-state index >= 15 is 0 Å². The van der Waals surface area contributed by atoms with E-state index in [1.54, 1.807) is 24.0 Å². The van der Waals surface area contributed by atoms with E-state index in [4.69, 9.17) is 0 Å². The summed E-state index contributed by atoms with van der Waals surface area (Å²) in [6.07, 6.45) is 3.34. The van der Waals surface area contributed by atoms with Crippen LogP contribution in [0.1, 0.15) is 11.4 Å². The van der Waals surface area contributed by atoms with Gasteiger partial charge in [0.2, 0.25) is 0 Å². The fraction of sp³-hybridized carbons (Fsp3) is 0.412. The van der Waals surface area contributed by atoms with Crippen molar-refractivity contribution in [2.75, 3.05) is 27.2 Å². The number of nitrogens with zero attached hydrogens (tertiary/aromatic N) is 4. The molecule has 0 spiro atoms. The summed E-state index contributed by atoms with van der Waals surface area (Å²) in [6, 6.07) is 2.63. The molecule has 1 heterocycles. The molecule has 0 aliphatic heterocycles. The number of likely N-dealkylation sites (N-methyl/N-ethyl adjacent to an activating group) is 1. The zero-order valence-corrected chi connectivity index (χ0v) is 16.6. The Morgan fingerprint density at radius 2 is 2.00 bits per heavy atom. The average molecular weight is 397 g/mol. The number of carbonyl (C=O) groups is 1. The van der Waals surface area contributed by atoms with E-state index in [1.807, 2.05) is 23.7 Å². The summed E-state index contributed by atoms with van der Waals surface area (Å²) >= 11 is 0. The van der Waals surface area contributed by atoms with Gasteiger partial charge < -0.3 is 14.4 Å². The molecule has 1 aromatic heterocycles. The molecule has 148 valence electrons. The molecule has 2 amide bonds. The SMILES string of the molecule is Cc1ccc(F)cc1S(=O)(=O)NC(=O)N(CCN(C)C)Cc1nccn1C. The summed E-state index contributed by atoms with van der Waals surface area (Å²) in [6.45, 7) is 2.51. The summed E-state index contributed by atoms with van der Waals surface area (Å²) in [7, 11) is 1.28. The molecule has 27 heavy (non-hydrogen) atoms. The number of amides is 2. The lowest BCUT2D eigenvalue weighted by molar-refractivity contribution is 0.192. The second-order valence-electron chi connectivity index (χ2n) is 6.50. The minimum atomic E-state index is -4.21. The minimum Gasteiger partial charge on any atom is -0.337 e. The zero-order chi connectivity index (χ0) is 20.2. The van der Waals surface area contributed by atoms with Crippen molar-refractivity contribution in [3.63, 3.8) is 0 Å². The Morgan fingerprint density at radius 1 is 1.30 bits per heavy atom. The monoisotopic (exact) mass is 397 g/mol. The number of carbonyl (C=O) groups excluding carboxylic acids is 1. The highest BCUT2D eigenvalue weighted by Crippen LogP contribution is 2.16. The van der Waals surface area contributed by atoms with Crippen LogP contribution in [0.5, 0.6) is 0 Å². The number of sulfonamides is 1. The van der Waals surface area contributed by atoms with E-state index < -0.39 is 21.9 Å². The Kier molecular flexibility index (Phi) is 6.55. The lowest BCUT2D eigenvalue weighted by Gasteiger charge is -2.24. The Balaban J connectivity index is 2.23. The number of aromatic nitrogens is 2. The van der Waals surface area contributed by atoms with Crippen molar-refractivity contribution < 1.29 is 17.6 Å². The molecule has 2 aromatic rings. The van der Waals surface area contributed by atoms with Crippen molar-refractivity contribution >= 4 is 16.1 Å². The van der Waals surface area contributed by atoms with Crippen LogP contribution < -0.4 is 4.72 Å². The minimum absolute atomic E-state index is 0.140. The molecule has 0 fully saturated rings. The molecule has 0 aliphatic rings. The second-order valence-corrected chi connectivity index (χ2v) is 8.15. The Hall–Kier alpha value is -2.46. The Morgan fingerprint density at radius 3 is 2.59 bits per heavy atom. The van der Waals surface area contributed by atoms with Gasteiger partial charge in [0.15, 0.2) is 0 Å². The first-order valence-corrected chi connectivity index (χ1v) is 9.77. The Bertz CT molecular complexity index is 911. The Labute approximate surface area is 158 Å². The van der Waals surface area contributed by atoms with E-state index in [9.17, 15) is 17.6 Å². The molecular formula is C17H24FN5O3S. The maximum absolute atomic E-state index is 13.5. The number of aryl methyl sites for hydroxylation is 2. The van der Waals surface area contributed by atoms with E-state index in [0.29, 0.717) is 24.5 Å².